The summed E-state index contributed by atoms with van der Waals surface area (Å²) in [6.07, 6.45) is 0. The number of carbonyl (C=O) groups is 1. The molecule has 6 nitrogen and oxygen atoms in total. The third-order valence-electron chi connectivity index (χ3n) is 6.27. The number of rotatable bonds is 7. The van der Waals surface area contributed by atoms with Crippen molar-refractivity contribution < 1.29 is 14.3 Å². The zero-order chi connectivity index (χ0) is 23.7. The van der Waals surface area contributed by atoms with Crippen molar-refractivity contribution in [3.05, 3.63) is 81.8 Å². The Labute approximate surface area is 207 Å². The molecule has 2 aliphatic rings. The molecule has 34 heavy (non-hydrogen) atoms. The van der Waals surface area contributed by atoms with E-state index in [0.29, 0.717) is 17.2 Å². The highest BCUT2D eigenvalue weighted by molar-refractivity contribution is 9.10. The number of nitrogens with one attached hydrogen (secondary N) is 1. The molecule has 2 heterocycles. The molecule has 1 N–H and O–H groups in total. The predicted molar refractivity (Wildman–Crippen MR) is 137 cm³/mol. The van der Waals surface area contributed by atoms with E-state index in [9.17, 15) is 4.79 Å². The minimum Gasteiger partial charge on any atom is -0.454 e. The standard InChI is InChI=1S/C27H26BrN3O3/c1-3-31(4-2)15-17-5-9-20(10-6-17)29-26(18-7-12-23-24(13-18)34-16-33-23)25-21-11-8-19(28)14-22(21)30-27(25)32/h5-14,25H,3-4,15-16H2,1-2H3,(H,30,32). The van der Waals surface area contributed by atoms with Gasteiger partial charge in [0.2, 0.25) is 12.7 Å². The first-order valence-electron chi connectivity index (χ1n) is 11.5. The van der Waals surface area contributed by atoms with Crippen LogP contribution in [0.15, 0.2) is 70.1 Å². The van der Waals surface area contributed by atoms with E-state index in [1.807, 2.05) is 48.5 Å². The molecule has 0 spiro atoms. The highest BCUT2D eigenvalue weighted by Gasteiger charge is 2.36. The van der Waals surface area contributed by atoms with Crippen molar-refractivity contribution in [1.82, 2.24) is 4.90 Å². The zero-order valence-electron chi connectivity index (χ0n) is 19.2. The number of halogens is 1. The molecule has 0 bridgehead atoms. The molecule has 1 amide bonds. The van der Waals surface area contributed by atoms with Crippen LogP contribution in [0.3, 0.4) is 0 Å². The first kappa shape index (κ1) is 22.6. The second kappa shape index (κ2) is 9.60. The molecule has 0 aliphatic carbocycles. The molecule has 2 aliphatic heterocycles. The van der Waals surface area contributed by atoms with Crippen molar-refractivity contribution in [3.63, 3.8) is 0 Å². The minimum absolute atomic E-state index is 0.0947. The van der Waals surface area contributed by atoms with Crippen molar-refractivity contribution in [2.45, 2.75) is 26.3 Å². The van der Waals surface area contributed by atoms with E-state index in [2.05, 4.69) is 52.1 Å². The van der Waals surface area contributed by atoms with Crippen LogP contribution in [-0.4, -0.2) is 36.4 Å². The Morgan fingerprint density at radius 1 is 1.03 bits per heavy atom. The van der Waals surface area contributed by atoms with Gasteiger partial charge in [-0.05, 0) is 66.7 Å². The van der Waals surface area contributed by atoms with Crippen LogP contribution in [0.2, 0.25) is 0 Å². The molecule has 0 fully saturated rings. The van der Waals surface area contributed by atoms with Gasteiger partial charge in [0.15, 0.2) is 11.5 Å². The average molecular weight is 520 g/mol. The van der Waals surface area contributed by atoms with Gasteiger partial charge in [-0.3, -0.25) is 14.7 Å². The van der Waals surface area contributed by atoms with Gasteiger partial charge in [0.1, 0.15) is 5.92 Å². The minimum atomic E-state index is -0.529. The fourth-order valence-corrected chi connectivity index (χ4v) is 4.74. The molecular formula is C27H26BrN3O3. The number of amides is 1. The van der Waals surface area contributed by atoms with Crippen molar-refractivity contribution in [3.8, 4) is 11.5 Å². The summed E-state index contributed by atoms with van der Waals surface area (Å²) < 4.78 is 12.0. The number of ether oxygens (including phenoxy) is 2. The summed E-state index contributed by atoms with van der Waals surface area (Å²) in [5, 5.41) is 3.01. The first-order chi connectivity index (χ1) is 16.6. The largest absolute Gasteiger partial charge is 0.454 e. The molecule has 5 rings (SSSR count). The number of anilines is 1. The second-order valence-corrected chi connectivity index (χ2v) is 9.26. The SMILES string of the molecule is CCN(CC)Cc1ccc(N=C(c2ccc3c(c2)OCO3)C2C(=O)Nc3cc(Br)ccc32)cc1. The number of aliphatic imine (C=N–C) groups is 1. The summed E-state index contributed by atoms with van der Waals surface area (Å²) in [7, 11) is 0. The lowest BCUT2D eigenvalue weighted by molar-refractivity contribution is -0.115. The molecule has 0 aromatic heterocycles. The molecular weight excluding hydrogens is 494 g/mol. The molecule has 3 aromatic rings. The van der Waals surface area contributed by atoms with Crippen molar-refractivity contribution in [2.24, 2.45) is 4.99 Å². The maximum absolute atomic E-state index is 13.2. The van der Waals surface area contributed by atoms with Crippen LogP contribution >= 0.6 is 15.9 Å². The number of carbonyl (C=O) groups excluding carboxylic acids is 1. The Morgan fingerprint density at radius 3 is 2.56 bits per heavy atom. The van der Waals surface area contributed by atoms with E-state index in [1.54, 1.807) is 0 Å². The Morgan fingerprint density at radius 2 is 1.79 bits per heavy atom. The van der Waals surface area contributed by atoms with Crippen LogP contribution in [0.25, 0.3) is 0 Å². The van der Waals surface area contributed by atoms with E-state index >= 15 is 0 Å². The molecule has 0 radical (unpaired) electrons. The summed E-state index contributed by atoms with van der Waals surface area (Å²) in [5.74, 6) is 0.736. The van der Waals surface area contributed by atoms with Gasteiger partial charge in [0.05, 0.1) is 11.4 Å². The van der Waals surface area contributed by atoms with Gasteiger partial charge in [0, 0.05) is 22.3 Å². The summed E-state index contributed by atoms with van der Waals surface area (Å²) in [6, 6.07) is 19.8. The lowest BCUT2D eigenvalue weighted by atomic mass is 9.90. The highest BCUT2D eigenvalue weighted by Crippen LogP contribution is 2.40. The molecule has 1 atom stereocenters. The van der Waals surface area contributed by atoms with E-state index in [4.69, 9.17) is 14.5 Å². The topological polar surface area (TPSA) is 63.2 Å². The Bertz CT molecular complexity index is 1250. The van der Waals surface area contributed by atoms with Crippen LogP contribution in [-0.2, 0) is 11.3 Å². The van der Waals surface area contributed by atoms with Gasteiger partial charge in [-0.15, -0.1) is 0 Å². The summed E-state index contributed by atoms with van der Waals surface area (Å²) in [5.41, 5.74) is 5.24. The Kier molecular flexibility index (Phi) is 6.39. The van der Waals surface area contributed by atoms with Gasteiger partial charge < -0.3 is 14.8 Å². The van der Waals surface area contributed by atoms with Crippen LogP contribution < -0.4 is 14.8 Å². The fourth-order valence-electron chi connectivity index (χ4n) is 4.38. The molecule has 3 aromatic carbocycles. The molecule has 0 saturated heterocycles. The molecule has 1 unspecified atom stereocenters. The van der Waals surface area contributed by atoms with Crippen LogP contribution in [0.1, 0.15) is 36.5 Å². The number of fused-ring (bicyclic) bond motifs is 2. The molecule has 7 heteroatoms. The monoisotopic (exact) mass is 519 g/mol. The number of hydrogen-bond acceptors (Lipinski definition) is 5. The van der Waals surface area contributed by atoms with Crippen molar-refractivity contribution in [1.29, 1.82) is 0 Å². The van der Waals surface area contributed by atoms with Gasteiger partial charge in [0.25, 0.3) is 0 Å². The lowest BCUT2D eigenvalue weighted by Gasteiger charge is -2.18. The quantitative estimate of drug-likeness (QED) is 0.396. The van der Waals surface area contributed by atoms with Gasteiger partial charge in [-0.1, -0.05) is 48.0 Å². The van der Waals surface area contributed by atoms with Gasteiger partial charge in [-0.2, -0.15) is 0 Å². The second-order valence-electron chi connectivity index (χ2n) is 8.35. The highest BCUT2D eigenvalue weighted by atomic mass is 79.9. The Hall–Kier alpha value is -3.16. The third-order valence-corrected chi connectivity index (χ3v) is 6.77. The van der Waals surface area contributed by atoms with E-state index in [-0.39, 0.29) is 12.7 Å². The van der Waals surface area contributed by atoms with E-state index in [0.717, 1.165) is 46.6 Å². The average Bonchev–Trinajstić information content (AvgIpc) is 3.44. The van der Waals surface area contributed by atoms with E-state index in [1.165, 1.54) is 5.56 Å². The Balaban J connectivity index is 1.56. The third kappa shape index (κ3) is 4.45. The van der Waals surface area contributed by atoms with Crippen LogP contribution in [0.4, 0.5) is 11.4 Å². The van der Waals surface area contributed by atoms with Gasteiger partial charge >= 0.3 is 0 Å². The zero-order valence-corrected chi connectivity index (χ0v) is 20.8. The molecule has 174 valence electrons. The maximum atomic E-state index is 13.2. The summed E-state index contributed by atoms with van der Waals surface area (Å²) >= 11 is 3.49. The smallest absolute Gasteiger partial charge is 0.238 e. The lowest BCUT2D eigenvalue weighted by Crippen LogP contribution is -2.22. The van der Waals surface area contributed by atoms with Crippen LogP contribution in [0, 0.1) is 0 Å². The predicted octanol–water partition coefficient (Wildman–Crippen LogP) is 5.88. The fraction of sp³-hybridized carbons (Fsp3) is 0.259. The number of benzene rings is 3. The van der Waals surface area contributed by atoms with E-state index < -0.39 is 5.92 Å². The number of nitrogens with zero attached hydrogens (tertiary/aromatic N) is 2. The summed E-state index contributed by atoms with van der Waals surface area (Å²) in [4.78, 5) is 20.5. The summed E-state index contributed by atoms with van der Waals surface area (Å²) in [6.45, 7) is 7.46. The van der Waals surface area contributed by atoms with Crippen LogP contribution in [0.5, 0.6) is 11.5 Å². The van der Waals surface area contributed by atoms with Crippen molar-refractivity contribution >= 4 is 38.9 Å². The van der Waals surface area contributed by atoms with Gasteiger partial charge in [-0.25, -0.2) is 0 Å². The maximum Gasteiger partial charge on any atom is 0.238 e. The molecule has 0 saturated carbocycles. The number of hydrogen-bond donors (Lipinski definition) is 1. The van der Waals surface area contributed by atoms with Crippen molar-refractivity contribution in [2.75, 3.05) is 25.2 Å². The first-order valence-corrected chi connectivity index (χ1v) is 12.2. The normalized spacial score (nSPS) is 16.6.